The molecule has 2 rings (SSSR count). The second-order valence-corrected chi connectivity index (χ2v) is 4.71. The summed E-state index contributed by atoms with van der Waals surface area (Å²) in [5.41, 5.74) is 6.44. The third-order valence-corrected chi connectivity index (χ3v) is 3.65. The van der Waals surface area contributed by atoms with E-state index in [1.807, 2.05) is 0 Å². The molecule has 0 radical (unpaired) electrons. The van der Waals surface area contributed by atoms with Crippen LogP contribution in [0.4, 0.5) is 4.39 Å². The molecule has 1 saturated carbocycles. The minimum atomic E-state index is -0.494. The Morgan fingerprint density at radius 2 is 2.00 bits per heavy atom. The third-order valence-electron chi connectivity index (χ3n) is 3.26. The quantitative estimate of drug-likeness (QED) is 0.866. The first kappa shape index (κ1) is 11.7. The normalized spacial score (nSPS) is 18.8. The smallest absolute Gasteiger partial charge is 0.140 e. The fraction of sp³-hybridized carbons (Fsp3) is 0.500. The lowest BCUT2D eigenvalue weighted by Crippen LogP contribution is -2.33. The summed E-state index contributed by atoms with van der Waals surface area (Å²) in [6, 6.07) is 2.71. The molecule has 1 aliphatic rings. The summed E-state index contributed by atoms with van der Waals surface area (Å²) < 4.78 is 18.5. The van der Waals surface area contributed by atoms with Crippen molar-refractivity contribution in [2.75, 3.05) is 7.11 Å². The molecule has 0 heterocycles. The fourth-order valence-corrected chi connectivity index (χ4v) is 2.72. The van der Waals surface area contributed by atoms with E-state index in [2.05, 4.69) is 0 Å². The van der Waals surface area contributed by atoms with Crippen molar-refractivity contribution in [2.45, 2.75) is 31.2 Å². The number of hydrogen-bond acceptors (Lipinski definition) is 2. The molecule has 1 fully saturated rings. The van der Waals surface area contributed by atoms with Crippen LogP contribution in [0.2, 0.25) is 5.02 Å². The van der Waals surface area contributed by atoms with Crippen LogP contribution in [0.3, 0.4) is 0 Å². The van der Waals surface area contributed by atoms with Gasteiger partial charge in [-0.2, -0.15) is 0 Å². The maximum Gasteiger partial charge on any atom is 0.140 e. The van der Waals surface area contributed by atoms with E-state index >= 15 is 0 Å². The first-order valence-corrected chi connectivity index (χ1v) is 5.77. The van der Waals surface area contributed by atoms with Gasteiger partial charge in [-0.15, -0.1) is 0 Å². The van der Waals surface area contributed by atoms with E-state index in [1.165, 1.54) is 19.2 Å². The topological polar surface area (TPSA) is 35.2 Å². The first-order chi connectivity index (χ1) is 7.57. The minimum Gasteiger partial charge on any atom is -0.495 e. The lowest BCUT2D eigenvalue weighted by atomic mass is 9.89. The third kappa shape index (κ3) is 1.89. The van der Waals surface area contributed by atoms with E-state index in [0.717, 1.165) is 25.7 Å². The average Bonchev–Trinajstić information content (AvgIpc) is 2.69. The van der Waals surface area contributed by atoms with Crippen LogP contribution >= 0.6 is 11.6 Å². The second kappa shape index (κ2) is 4.22. The summed E-state index contributed by atoms with van der Waals surface area (Å²) in [6.07, 6.45) is 3.82. The van der Waals surface area contributed by atoms with Crippen LogP contribution in [0, 0.1) is 5.82 Å². The van der Waals surface area contributed by atoms with Gasteiger partial charge in [0, 0.05) is 11.6 Å². The Morgan fingerprint density at radius 1 is 1.38 bits per heavy atom. The van der Waals surface area contributed by atoms with Crippen molar-refractivity contribution < 1.29 is 9.13 Å². The Morgan fingerprint density at radius 3 is 2.56 bits per heavy atom. The van der Waals surface area contributed by atoms with Gasteiger partial charge in [0.2, 0.25) is 0 Å². The van der Waals surface area contributed by atoms with Gasteiger partial charge in [-0.25, -0.2) is 4.39 Å². The van der Waals surface area contributed by atoms with Crippen LogP contribution in [0.15, 0.2) is 12.1 Å². The molecule has 16 heavy (non-hydrogen) atoms. The van der Waals surface area contributed by atoms with E-state index in [-0.39, 0.29) is 5.82 Å². The van der Waals surface area contributed by atoms with Gasteiger partial charge in [-0.3, -0.25) is 0 Å². The summed E-state index contributed by atoms with van der Waals surface area (Å²) in [5, 5.41) is 0.438. The summed E-state index contributed by atoms with van der Waals surface area (Å²) in [7, 11) is 1.47. The lowest BCUT2D eigenvalue weighted by Gasteiger charge is -2.26. The number of ether oxygens (including phenoxy) is 1. The fourth-order valence-electron chi connectivity index (χ4n) is 2.35. The second-order valence-electron chi connectivity index (χ2n) is 4.33. The summed E-state index contributed by atoms with van der Waals surface area (Å²) in [5.74, 6) is 0.00127. The van der Waals surface area contributed by atoms with E-state index in [9.17, 15) is 4.39 Å². The van der Waals surface area contributed by atoms with Gasteiger partial charge in [-0.05, 0) is 24.5 Å². The number of rotatable bonds is 2. The molecule has 2 N–H and O–H groups in total. The maximum absolute atomic E-state index is 13.4. The molecular formula is C12H15ClFNO. The Labute approximate surface area is 99.5 Å². The molecule has 1 aliphatic carbocycles. The minimum absolute atomic E-state index is 0.354. The van der Waals surface area contributed by atoms with Gasteiger partial charge in [0.1, 0.15) is 11.6 Å². The van der Waals surface area contributed by atoms with Crippen LogP contribution in [0.1, 0.15) is 31.2 Å². The molecular weight excluding hydrogens is 229 g/mol. The van der Waals surface area contributed by atoms with Crippen LogP contribution in [0.5, 0.6) is 5.75 Å². The zero-order valence-corrected chi connectivity index (χ0v) is 9.98. The molecule has 0 aromatic heterocycles. The van der Waals surface area contributed by atoms with Gasteiger partial charge >= 0.3 is 0 Å². The highest BCUT2D eigenvalue weighted by molar-refractivity contribution is 6.33. The van der Waals surface area contributed by atoms with Crippen molar-refractivity contribution in [2.24, 2.45) is 5.73 Å². The van der Waals surface area contributed by atoms with Crippen molar-refractivity contribution >= 4 is 11.6 Å². The average molecular weight is 244 g/mol. The van der Waals surface area contributed by atoms with Gasteiger partial charge in [-0.1, -0.05) is 24.4 Å². The molecule has 0 amide bonds. The van der Waals surface area contributed by atoms with E-state index in [1.54, 1.807) is 0 Å². The molecule has 1 aromatic rings. The molecule has 0 aliphatic heterocycles. The highest BCUT2D eigenvalue weighted by Crippen LogP contribution is 2.42. The number of hydrogen-bond donors (Lipinski definition) is 1. The van der Waals surface area contributed by atoms with E-state index in [0.29, 0.717) is 16.3 Å². The molecule has 4 heteroatoms. The number of benzene rings is 1. The predicted octanol–water partition coefficient (Wildman–Crippen LogP) is 3.22. The number of nitrogens with two attached hydrogens (primary N) is 1. The maximum atomic E-state index is 13.4. The molecule has 0 unspecified atom stereocenters. The monoisotopic (exact) mass is 243 g/mol. The molecule has 2 nitrogen and oxygen atoms in total. The number of halogens is 2. The Kier molecular flexibility index (Phi) is 3.08. The Bertz CT molecular complexity index is 402. The van der Waals surface area contributed by atoms with Crippen LogP contribution in [0.25, 0.3) is 0 Å². The highest BCUT2D eigenvalue weighted by Gasteiger charge is 2.34. The van der Waals surface area contributed by atoms with Crippen molar-refractivity contribution in [1.82, 2.24) is 0 Å². The van der Waals surface area contributed by atoms with E-state index in [4.69, 9.17) is 22.1 Å². The molecule has 0 bridgehead atoms. The summed E-state index contributed by atoms with van der Waals surface area (Å²) >= 11 is 6.18. The highest BCUT2D eigenvalue weighted by atomic mass is 35.5. The van der Waals surface area contributed by atoms with Gasteiger partial charge in [0.05, 0.1) is 12.1 Å². The number of methoxy groups -OCH3 is 1. The Balaban J connectivity index is 2.51. The first-order valence-electron chi connectivity index (χ1n) is 5.39. The van der Waals surface area contributed by atoms with Crippen molar-refractivity contribution in [3.63, 3.8) is 0 Å². The summed E-state index contributed by atoms with van der Waals surface area (Å²) in [6.45, 7) is 0. The van der Waals surface area contributed by atoms with Crippen molar-refractivity contribution in [1.29, 1.82) is 0 Å². The van der Waals surface area contributed by atoms with Crippen molar-refractivity contribution in [3.05, 3.63) is 28.5 Å². The predicted molar refractivity (Wildman–Crippen MR) is 62.3 cm³/mol. The van der Waals surface area contributed by atoms with Crippen molar-refractivity contribution in [3.8, 4) is 5.75 Å². The zero-order valence-electron chi connectivity index (χ0n) is 9.22. The molecule has 0 atom stereocenters. The van der Waals surface area contributed by atoms with Crippen LogP contribution in [-0.4, -0.2) is 7.11 Å². The summed E-state index contributed by atoms with van der Waals surface area (Å²) in [4.78, 5) is 0. The van der Waals surface area contributed by atoms with Gasteiger partial charge < -0.3 is 10.5 Å². The van der Waals surface area contributed by atoms with Crippen LogP contribution in [-0.2, 0) is 5.54 Å². The molecule has 0 saturated heterocycles. The molecule has 1 aromatic carbocycles. The molecule has 88 valence electrons. The zero-order chi connectivity index (χ0) is 11.8. The van der Waals surface area contributed by atoms with Gasteiger partial charge in [0.15, 0.2) is 0 Å². The SMILES string of the molecule is COc1cc(F)cc(C2(N)CCCC2)c1Cl. The Hall–Kier alpha value is -0.800. The van der Waals surface area contributed by atoms with Crippen LogP contribution < -0.4 is 10.5 Å². The van der Waals surface area contributed by atoms with E-state index < -0.39 is 5.54 Å². The van der Waals surface area contributed by atoms with Gasteiger partial charge in [0.25, 0.3) is 0 Å². The standard InChI is InChI=1S/C12H15ClFNO/c1-16-10-7-8(14)6-9(11(10)13)12(15)4-2-3-5-12/h6-7H,2-5,15H2,1H3. The molecule has 0 spiro atoms. The largest absolute Gasteiger partial charge is 0.495 e. The lowest BCUT2D eigenvalue weighted by molar-refractivity contribution is 0.404.